The lowest BCUT2D eigenvalue weighted by Gasteiger charge is -2.19. The van der Waals surface area contributed by atoms with Crippen LogP contribution in [0.2, 0.25) is 0 Å². The summed E-state index contributed by atoms with van der Waals surface area (Å²) in [5, 5.41) is 12.8. The zero-order chi connectivity index (χ0) is 19.3. The molecule has 1 atom stereocenters. The number of ether oxygens (including phenoxy) is 1. The highest BCUT2D eigenvalue weighted by Crippen LogP contribution is 2.19. The molecule has 0 saturated heterocycles. The topological polar surface area (TPSA) is 108 Å². The van der Waals surface area contributed by atoms with E-state index in [1.54, 1.807) is 27.0 Å². The molecule has 1 heterocycles. The summed E-state index contributed by atoms with van der Waals surface area (Å²) in [7, 11) is 0. The number of para-hydroxylation sites is 1. The summed E-state index contributed by atoms with van der Waals surface area (Å²) in [5.74, 6) is -2.11. The number of carboxylic acid groups (broad SMARTS) is 1. The molecule has 0 aliphatic heterocycles. The maximum absolute atomic E-state index is 12.0. The molecule has 0 radical (unpaired) electrons. The average Bonchev–Trinajstić information content (AvgIpc) is 2.94. The molecule has 1 aromatic carbocycles. The fraction of sp³-hybridized carbons (Fsp3) is 0.421. The Morgan fingerprint density at radius 2 is 1.88 bits per heavy atom. The van der Waals surface area contributed by atoms with Crippen LogP contribution in [0.4, 0.5) is 0 Å². The van der Waals surface area contributed by atoms with E-state index in [4.69, 9.17) is 4.74 Å². The van der Waals surface area contributed by atoms with Gasteiger partial charge in [-0.2, -0.15) is 0 Å². The molecule has 2 rings (SSSR count). The van der Waals surface area contributed by atoms with Gasteiger partial charge in [-0.3, -0.25) is 9.59 Å². The van der Waals surface area contributed by atoms with Gasteiger partial charge in [-0.05, 0) is 32.4 Å². The summed E-state index contributed by atoms with van der Waals surface area (Å²) in [4.78, 5) is 38.3. The Labute approximate surface area is 151 Å². The van der Waals surface area contributed by atoms with Gasteiger partial charge in [-0.15, -0.1) is 0 Å². The highest BCUT2D eigenvalue weighted by atomic mass is 16.6. The van der Waals surface area contributed by atoms with Crippen molar-refractivity contribution in [3.8, 4) is 0 Å². The molecule has 1 aromatic heterocycles. The van der Waals surface area contributed by atoms with Gasteiger partial charge in [0.15, 0.2) is 0 Å². The lowest BCUT2D eigenvalue weighted by molar-refractivity contribution is -0.155. The predicted octanol–water partition coefficient (Wildman–Crippen LogP) is 2.40. The van der Waals surface area contributed by atoms with Crippen LogP contribution in [-0.2, 0) is 25.5 Å². The zero-order valence-corrected chi connectivity index (χ0v) is 15.2. The summed E-state index contributed by atoms with van der Waals surface area (Å²) < 4.78 is 5.13. The van der Waals surface area contributed by atoms with Crippen LogP contribution in [0.1, 0.15) is 39.2 Å². The number of aliphatic carboxylic acids is 1. The van der Waals surface area contributed by atoms with Crippen LogP contribution >= 0.6 is 0 Å². The van der Waals surface area contributed by atoms with Crippen molar-refractivity contribution in [1.82, 2.24) is 10.3 Å². The Kier molecular flexibility index (Phi) is 6.02. The van der Waals surface area contributed by atoms with Gasteiger partial charge < -0.3 is 20.1 Å². The van der Waals surface area contributed by atoms with Gasteiger partial charge in [0.05, 0.1) is 6.42 Å². The minimum Gasteiger partial charge on any atom is -0.480 e. The molecule has 7 nitrogen and oxygen atoms in total. The summed E-state index contributed by atoms with van der Waals surface area (Å²) in [6.45, 7) is 5.23. The Balaban J connectivity index is 1.94. The Bertz CT molecular complexity index is 804. The molecule has 1 unspecified atom stereocenters. The van der Waals surface area contributed by atoms with Crippen LogP contribution in [0, 0.1) is 0 Å². The van der Waals surface area contributed by atoms with Gasteiger partial charge in [-0.25, -0.2) is 4.79 Å². The van der Waals surface area contributed by atoms with Crippen molar-refractivity contribution in [2.45, 2.75) is 51.7 Å². The van der Waals surface area contributed by atoms with Crippen molar-refractivity contribution in [1.29, 1.82) is 0 Å². The van der Waals surface area contributed by atoms with Crippen molar-refractivity contribution in [2.24, 2.45) is 0 Å². The lowest BCUT2D eigenvalue weighted by atomic mass is 10.0. The molecule has 2 aromatic rings. The minimum atomic E-state index is -1.12. The van der Waals surface area contributed by atoms with Gasteiger partial charge in [0, 0.05) is 29.9 Å². The third-order valence-electron chi connectivity index (χ3n) is 3.71. The quantitative estimate of drug-likeness (QED) is 0.657. The number of amides is 1. The number of esters is 1. The van der Waals surface area contributed by atoms with E-state index in [9.17, 15) is 19.5 Å². The first-order chi connectivity index (χ1) is 12.2. The van der Waals surface area contributed by atoms with Gasteiger partial charge in [-0.1, -0.05) is 18.2 Å². The predicted molar refractivity (Wildman–Crippen MR) is 96.6 cm³/mol. The second kappa shape index (κ2) is 8.03. The molecule has 26 heavy (non-hydrogen) atoms. The largest absolute Gasteiger partial charge is 0.480 e. The molecule has 0 bridgehead atoms. The molecule has 0 fully saturated rings. The number of fused-ring (bicyclic) bond motifs is 1. The van der Waals surface area contributed by atoms with Gasteiger partial charge in [0.2, 0.25) is 5.91 Å². The number of rotatable bonds is 7. The highest BCUT2D eigenvalue weighted by molar-refractivity contribution is 5.87. The highest BCUT2D eigenvalue weighted by Gasteiger charge is 2.23. The molecule has 1 amide bonds. The van der Waals surface area contributed by atoms with Crippen molar-refractivity contribution >= 4 is 28.7 Å². The van der Waals surface area contributed by atoms with E-state index in [1.807, 2.05) is 24.3 Å². The molecular formula is C19H24N2O5. The van der Waals surface area contributed by atoms with E-state index in [-0.39, 0.29) is 19.3 Å². The summed E-state index contributed by atoms with van der Waals surface area (Å²) in [5.41, 5.74) is 1.09. The maximum atomic E-state index is 12.0. The van der Waals surface area contributed by atoms with E-state index in [0.29, 0.717) is 0 Å². The molecule has 0 aliphatic carbocycles. The van der Waals surface area contributed by atoms with Gasteiger partial charge in [0.1, 0.15) is 11.6 Å². The second-order valence-corrected chi connectivity index (χ2v) is 7.11. The standard InChI is InChI=1S/C19H24N2O5/c1-19(2,3)26-17(23)9-8-16(22)21-15(18(24)25)10-12-11-20-14-7-5-4-6-13(12)14/h4-7,11,15,20H,8-10H2,1-3H3,(H,21,22)(H,24,25). The number of H-pyrrole nitrogens is 1. The van der Waals surface area contributed by atoms with Crippen LogP contribution in [0.5, 0.6) is 0 Å². The van der Waals surface area contributed by atoms with E-state index < -0.39 is 29.5 Å². The first kappa shape index (κ1) is 19.5. The van der Waals surface area contributed by atoms with Crippen LogP contribution in [0.3, 0.4) is 0 Å². The first-order valence-corrected chi connectivity index (χ1v) is 8.45. The number of nitrogens with one attached hydrogen (secondary N) is 2. The Morgan fingerprint density at radius 3 is 2.54 bits per heavy atom. The zero-order valence-electron chi connectivity index (χ0n) is 15.2. The minimum absolute atomic E-state index is 0.0947. The maximum Gasteiger partial charge on any atom is 0.326 e. The molecule has 0 spiro atoms. The number of hydrogen-bond acceptors (Lipinski definition) is 4. The van der Waals surface area contributed by atoms with Crippen LogP contribution in [0.15, 0.2) is 30.5 Å². The monoisotopic (exact) mass is 360 g/mol. The molecule has 140 valence electrons. The average molecular weight is 360 g/mol. The SMILES string of the molecule is CC(C)(C)OC(=O)CCC(=O)NC(Cc1c[nH]c2ccccc12)C(=O)O. The third-order valence-corrected chi connectivity index (χ3v) is 3.71. The van der Waals surface area contributed by atoms with Gasteiger partial charge >= 0.3 is 11.9 Å². The number of carbonyl (C=O) groups excluding carboxylic acids is 2. The smallest absolute Gasteiger partial charge is 0.326 e. The molecule has 7 heteroatoms. The van der Waals surface area contributed by atoms with Crippen LogP contribution < -0.4 is 5.32 Å². The number of aromatic nitrogens is 1. The third kappa shape index (κ3) is 5.61. The van der Waals surface area contributed by atoms with Crippen molar-refractivity contribution in [2.75, 3.05) is 0 Å². The molecule has 0 saturated carbocycles. The van der Waals surface area contributed by atoms with E-state index in [2.05, 4.69) is 10.3 Å². The fourth-order valence-electron chi connectivity index (χ4n) is 2.60. The lowest BCUT2D eigenvalue weighted by Crippen LogP contribution is -2.42. The first-order valence-electron chi connectivity index (χ1n) is 8.45. The van der Waals surface area contributed by atoms with E-state index in [0.717, 1.165) is 16.5 Å². The van der Waals surface area contributed by atoms with Gasteiger partial charge in [0.25, 0.3) is 0 Å². The van der Waals surface area contributed by atoms with Crippen molar-refractivity contribution in [3.63, 3.8) is 0 Å². The Morgan fingerprint density at radius 1 is 1.19 bits per heavy atom. The number of carbonyl (C=O) groups is 3. The van der Waals surface area contributed by atoms with Crippen LogP contribution in [0.25, 0.3) is 10.9 Å². The summed E-state index contributed by atoms with van der Waals surface area (Å²) in [6, 6.07) is 6.48. The normalized spacial score (nSPS) is 12.6. The number of carboxylic acids is 1. The molecule has 0 aliphatic rings. The second-order valence-electron chi connectivity index (χ2n) is 7.11. The summed E-state index contributed by atoms with van der Waals surface area (Å²) >= 11 is 0. The van der Waals surface area contributed by atoms with Crippen molar-refractivity contribution in [3.05, 3.63) is 36.0 Å². The van der Waals surface area contributed by atoms with Crippen LogP contribution in [-0.4, -0.2) is 39.6 Å². The molecular weight excluding hydrogens is 336 g/mol. The number of aromatic amines is 1. The van der Waals surface area contributed by atoms with Crippen molar-refractivity contribution < 1.29 is 24.2 Å². The number of benzene rings is 1. The number of hydrogen-bond donors (Lipinski definition) is 3. The fourth-order valence-corrected chi connectivity index (χ4v) is 2.60. The summed E-state index contributed by atoms with van der Waals surface area (Å²) in [6.07, 6.45) is 1.68. The molecule has 3 N–H and O–H groups in total. The Hall–Kier alpha value is -2.83. The van der Waals surface area contributed by atoms with E-state index in [1.165, 1.54) is 0 Å². The van der Waals surface area contributed by atoms with E-state index >= 15 is 0 Å².